The normalized spacial score (nSPS) is 45.8. The summed E-state index contributed by atoms with van der Waals surface area (Å²) in [6.07, 6.45) is -10.6. The van der Waals surface area contributed by atoms with Gasteiger partial charge >= 0.3 is 0 Å². The first-order valence-corrected chi connectivity index (χ1v) is 8.97. The number of fused-ring (bicyclic) bond motifs is 1. The second-order valence-corrected chi connectivity index (χ2v) is 7.00. The molecule has 3 aliphatic heterocycles. The minimum atomic E-state index is -1.50. The molecule has 0 aromatic carbocycles. The Bertz CT molecular complexity index is 604. The Labute approximate surface area is 160 Å². The average molecular weight is 406 g/mol. The van der Waals surface area contributed by atoms with E-state index in [2.05, 4.69) is 10.3 Å². The van der Waals surface area contributed by atoms with Crippen LogP contribution >= 0.6 is 0 Å². The molecule has 3 aliphatic rings. The number of aliphatic hydroxyl groups is 5. The number of hydrogen-bond donors (Lipinski definition) is 6. The molecule has 1 amide bonds. The van der Waals surface area contributed by atoms with Crippen molar-refractivity contribution in [3.8, 4) is 0 Å². The minimum Gasteiger partial charge on any atom is -0.470 e. The highest BCUT2D eigenvalue weighted by atomic mass is 16.7. The fraction of sp³-hybridized carbons (Fsp3) is 0.875. The number of rotatable bonds is 5. The molecular weight excluding hydrogens is 380 g/mol. The first-order chi connectivity index (χ1) is 13.3. The molecule has 0 aromatic heterocycles. The quantitative estimate of drug-likeness (QED) is 0.265. The van der Waals surface area contributed by atoms with Gasteiger partial charge in [-0.05, 0) is 0 Å². The van der Waals surface area contributed by atoms with Gasteiger partial charge in [-0.2, -0.15) is 0 Å². The molecule has 160 valence electrons. The van der Waals surface area contributed by atoms with Gasteiger partial charge in [-0.15, -0.1) is 0 Å². The van der Waals surface area contributed by atoms with Crippen LogP contribution in [0.4, 0.5) is 0 Å². The van der Waals surface area contributed by atoms with Crippen LogP contribution < -0.4 is 5.32 Å². The van der Waals surface area contributed by atoms with Crippen molar-refractivity contribution in [1.29, 1.82) is 0 Å². The summed E-state index contributed by atoms with van der Waals surface area (Å²) in [6, 6.07) is -1.19. The third-order valence-corrected chi connectivity index (χ3v) is 4.97. The van der Waals surface area contributed by atoms with Gasteiger partial charge in [0.05, 0.1) is 13.2 Å². The zero-order chi connectivity index (χ0) is 20.6. The number of carbonyl (C=O) groups excluding carboxylic acids is 1. The lowest BCUT2D eigenvalue weighted by molar-refractivity contribution is -0.319. The van der Waals surface area contributed by atoms with Crippen LogP contribution in [0.1, 0.15) is 13.8 Å². The molecule has 0 saturated carbocycles. The van der Waals surface area contributed by atoms with Crippen LogP contribution in [0, 0.1) is 0 Å². The number of ether oxygens (including phenoxy) is 4. The highest BCUT2D eigenvalue weighted by Crippen LogP contribution is 2.32. The lowest BCUT2D eigenvalue weighted by Crippen LogP contribution is -2.67. The smallest absolute Gasteiger partial charge is 0.217 e. The first-order valence-electron chi connectivity index (χ1n) is 8.97. The van der Waals surface area contributed by atoms with Crippen molar-refractivity contribution >= 4 is 11.8 Å². The Kier molecular flexibility index (Phi) is 6.51. The van der Waals surface area contributed by atoms with E-state index in [1.807, 2.05) is 0 Å². The largest absolute Gasteiger partial charge is 0.470 e. The Hall–Kier alpha value is -1.38. The van der Waals surface area contributed by atoms with Gasteiger partial charge in [0.2, 0.25) is 5.91 Å². The maximum Gasteiger partial charge on any atom is 0.217 e. The monoisotopic (exact) mass is 406 g/mol. The standard InChI is InChI=1S/C16H26N2O10/c1-5(21)17-9-11(23)10(22)7(3-19)27-16(9)28-13-8(4-20)26-15-14(12(13)24)25-6(2)18-15/h7-16,19-20,22-24H,3-4H2,1-2H3,(H,17,21)/t7-,8-,9-,10-,11-,12+,13-,14-,15+,16+/m1/s1. The molecule has 3 rings (SSSR count). The summed E-state index contributed by atoms with van der Waals surface area (Å²) in [7, 11) is 0. The van der Waals surface area contributed by atoms with Gasteiger partial charge in [0, 0.05) is 13.8 Å². The SMILES string of the molecule is CC(=O)N[C@H]1[C@H](O[C@H]2[C@H](O)[C@H]3OC(C)=N[C@H]3O[C@@H]2CO)O[C@H](CO)[C@@H](O)[C@@H]1O. The molecule has 3 heterocycles. The maximum absolute atomic E-state index is 11.5. The molecule has 10 atom stereocenters. The number of aliphatic imine (C=N–C) groups is 1. The van der Waals surface area contributed by atoms with E-state index in [9.17, 15) is 30.3 Å². The van der Waals surface area contributed by atoms with E-state index in [1.54, 1.807) is 6.92 Å². The summed E-state index contributed by atoms with van der Waals surface area (Å²) in [5.74, 6) is -0.200. The minimum absolute atomic E-state index is 0.315. The molecule has 12 heteroatoms. The fourth-order valence-electron chi connectivity index (χ4n) is 3.60. The van der Waals surface area contributed by atoms with Crippen molar-refractivity contribution in [1.82, 2.24) is 5.32 Å². The van der Waals surface area contributed by atoms with E-state index in [4.69, 9.17) is 18.9 Å². The summed E-state index contributed by atoms with van der Waals surface area (Å²) in [5.41, 5.74) is 0. The van der Waals surface area contributed by atoms with Crippen LogP contribution in [0.2, 0.25) is 0 Å². The molecule has 12 nitrogen and oxygen atoms in total. The molecule has 28 heavy (non-hydrogen) atoms. The van der Waals surface area contributed by atoms with Gasteiger partial charge in [0.15, 0.2) is 24.5 Å². The average Bonchev–Trinajstić information content (AvgIpc) is 3.03. The van der Waals surface area contributed by atoms with Crippen molar-refractivity contribution in [2.75, 3.05) is 13.2 Å². The van der Waals surface area contributed by atoms with Crippen molar-refractivity contribution in [3.63, 3.8) is 0 Å². The summed E-state index contributed by atoms with van der Waals surface area (Å²) in [5, 5.41) is 52.5. The number of amides is 1. The van der Waals surface area contributed by atoms with Crippen LogP contribution in [-0.2, 0) is 23.7 Å². The number of hydrogen-bond acceptors (Lipinski definition) is 11. The topological polar surface area (TPSA) is 180 Å². The second-order valence-electron chi connectivity index (χ2n) is 7.00. The molecule has 2 fully saturated rings. The van der Waals surface area contributed by atoms with E-state index in [0.717, 1.165) is 0 Å². The van der Waals surface area contributed by atoms with E-state index < -0.39 is 80.4 Å². The Morgan fingerprint density at radius 1 is 1.11 bits per heavy atom. The molecule has 6 N–H and O–H groups in total. The Balaban J connectivity index is 1.80. The summed E-state index contributed by atoms with van der Waals surface area (Å²) >= 11 is 0. The molecule has 0 bridgehead atoms. The number of carbonyl (C=O) groups is 1. The fourth-order valence-corrected chi connectivity index (χ4v) is 3.60. The predicted octanol–water partition coefficient (Wildman–Crippen LogP) is -3.79. The summed E-state index contributed by atoms with van der Waals surface area (Å²) in [4.78, 5) is 15.6. The van der Waals surface area contributed by atoms with Crippen molar-refractivity contribution in [2.45, 2.75) is 75.1 Å². The second kappa shape index (κ2) is 8.55. The van der Waals surface area contributed by atoms with Gasteiger partial charge in [-0.25, -0.2) is 4.99 Å². The number of nitrogens with zero attached hydrogens (tertiary/aromatic N) is 1. The molecule has 0 spiro atoms. The Morgan fingerprint density at radius 3 is 2.39 bits per heavy atom. The molecule has 0 radical (unpaired) electrons. The third-order valence-electron chi connectivity index (χ3n) is 4.97. The molecule has 0 aliphatic carbocycles. The van der Waals surface area contributed by atoms with Crippen LogP contribution in [-0.4, -0.2) is 112 Å². The molecule has 0 unspecified atom stereocenters. The predicted molar refractivity (Wildman–Crippen MR) is 90.0 cm³/mol. The molecule has 2 saturated heterocycles. The van der Waals surface area contributed by atoms with Crippen molar-refractivity contribution in [3.05, 3.63) is 0 Å². The summed E-state index contributed by atoms with van der Waals surface area (Å²) in [6.45, 7) is 1.68. The van der Waals surface area contributed by atoms with Gasteiger partial charge in [0.25, 0.3) is 0 Å². The maximum atomic E-state index is 11.5. The van der Waals surface area contributed by atoms with Gasteiger partial charge < -0.3 is 49.8 Å². The third kappa shape index (κ3) is 4.00. The van der Waals surface area contributed by atoms with Gasteiger partial charge in [-0.1, -0.05) is 0 Å². The van der Waals surface area contributed by atoms with Gasteiger partial charge in [-0.3, -0.25) is 4.79 Å². The Morgan fingerprint density at radius 2 is 1.79 bits per heavy atom. The summed E-state index contributed by atoms with van der Waals surface area (Å²) < 4.78 is 22.3. The lowest BCUT2D eigenvalue weighted by atomic mass is 9.95. The van der Waals surface area contributed by atoms with Crippen LogP contribution in [0.25, 0.3) is 0 Å². The van der Waals surface area contributed by atoms with Gasteiger partial charge in [0.1, 0.15) is 42.7 Å². The molecule has 0 aromatic rings. The number of aliphatic hydroxyl groups excluding tert-OH is 5. The van der Waals surface area contributed by atoms with Crippen molar-refractivity contribution < 1.29 is 49.3 Å². The zero-order valence-corrected chi connectivity index (χ0v) is 15.4. The van der Waals surface area contributed by atoms with Crippen LogP contribution in [0.5, 0.6) is 0 Å². The van der Waals surface area contributed by atoms with E-state index in [0.29, 0.717) is 5.90 Å². The van der Waals surface area contributed by atoms with Crippen LogP contribution in [0.15, 0.2) is 4.99 Å². The number of nitrogens with one attached hydrogen (secondary N) is 1. The van der Waals surface area contributed by atoms with Crippen LogP contribution in [0.3, 0.4) is 0 Å². The zero-order valence-electron chi connectivity index (χ0n) is 15.4. The lowest BCUT2D eigenvalue weighted by Gasteiger charge is -2.46. The highest BCUT2D eigenvalue weighted by Gasteiger charge is 2.53. The van der Waals surface area contributed by atoms with E-state index in [-0.39, 0.29) is 0 Å². The van der Waals surface area contributed by atoms with E-state index >= 15 is 0 Å². The first kappa shape index (κ1) is 21.3. The van der Waals surface area contributed by atoms with Crippen molar-refractivity contribution in [2.24, 2.45) is 4.99 Å². The highest BCUT2D eigenvalue weighted by molar-refractivity contribution is 5.75. The van der Waals surface area contributed by atoms with E-state index in [1.165, 1.54) is 6.92 Å². The molecular formula is C16H26N2O10.